The Morgan fingerprint density at radius 3 is 2.88 bits per heavy atom. The van der Waals surface area contributed by atoms with Crippen LogP contribution in [0.2, 0.25) is 0 Å². The fourth-order valence-corrected chi connectivity index (χ4v) is 3.43. The Morgan fingerprint density at radius 1 is 1.35 bits per heavy atom. The van der Waals surface area contributed by atoms with Crippen LogP contribution in [0.1, 0.15) is 29.8 Å². The zero-order valence-corrected chi connectivity index (χ0v) is 11.7. The van der Waals surface area contributed by atoms with Crippen molar-refractivity contribution in [2.75, 3.05) is 13.7 Å². The van der Waals surface area contributed by atoms with Gasteiger partial charge in [0, 0.05) is 0 Å². The average Bonchev–Trinajstić information content (AvgIpc) is 3.00. The molecule has 2 rings (SSSR count). The molecule has 1 N–H and O–H groups in total. The maximum atomic E-state index is 5.42. The van der Waals surface area contributed by atoms with Crippen LogP contribution in [-0.4, -0.2) is 13.7 Å². The van der Waals surface area contributed by atoms with Gasteiger partial charge in [-0.25, -0.2) is 0 Å². The molecule has 0 radical (unpaired) electrons. The van der Waals surface area contributed by atoms with E-state index in [1.165, 1.54) is 10.4 Å². The average molecular weight is 267 g/mol. The molecule has 92 valence electrons. The van der Waals surface area contributed by atoms with Crippen LogP contribution in [0.15, 0.2) is 28.3 Å². The van der Waals surface area contributed by atoms with Crippen molar-refractivity contribution in [3.8, 4) is 5.75 Å². The Morgan fingerprint density at radius 2 is 2.24 bits per heavy atom. The van der Waals surface area contributed by atoms with Crippen LogP contribution in [0.3, 0.4) is 0 Å². The van der Waals surface area contributed by atoms with E-state index >= 15 is 0 Å². The SMILES string of the molecule is CCCNC(c1ccsc1)c1sccc1OC. The summed E-state index contributed by atoms with van der Waals surface area (Å²) in [6, 6.07) is 4.47. The first-order valence-corrected chi connectivity index (χ1v) is 7.56. The summed E-state index contributed by atoms with van der Waals surface area (Å²) < 4.78 is 5.42. The molecule has 4 heteroatoms. The first-order valence-electron chi connectivity index (χ1n) is 5.73. The predicted molar refractivity (Wildman–Crippen MR) is 75.3 cm³/mol. The van der Waals surface area contributed by atoms with E-state index in [0.29, 0.717) is 0 Å². The second kappa shape index (κ2) is 6.19. The molecule has 17 heavy (non-hydrogen) atoms. The summed E-state index contributed by atoms with van der Waals surface area (Å²) in [7, 11) is 1.73. The molecular weight excluding hydrogens is 250 g/mol. The van der Waals surface area contributed by atoms with E-state index in [4.69, 9.17) is 4.74 Å². The molecule has 0 spiro atoms. The lowest BCUT2D eigenvalue weighted by Gasteiger charge is -2.17. The Kier molecular flexibility index (Phi) is 4.59. The standard InChI is InChI=1S/C13H17NOS2/c1-3-6-14-12(10-4-7-16-9-10)13-11(15-2)5-8-17-13/h4-5,7-9,12,14H,3,6H2,1-2H3. The van der Waals surface area contributed by atoms with Gasteiger partial charge in [0.15, 0.2) is 0 Å². The maximum Gasteiger partial charge on any atom is 0.134 e. The number of thiophene rings is 2. The molecule has 0 aliphatic heterocycles. The zero-order chi connectivity index (χ0) is 12.1. The normalized spacial score (nSPS) is 12.6. The second-order valence-corrected chi connectivity index (χ2v) is 5.52. The molecular formula is C13H17NOS2. The van der Waals surface area contributed by atoms with Gasteiger partial charge in [0.2, 0.25) is 0 Å². The monoisotopic (exact) mass is 267 g/mol. The summed E-state index contributed by atoms with van der Waals surface area (Å²) in [5.41, 5.74) is 1.32. The van der Waals surface area contributed by atoms with E-state index in [2.05, 4.69) is 34.4 Å². The lowest BCUT2D eigenvalue weighted by molar-refractivity contribution is 0.407. The molecule has 2 aromatic heterocycles. The van der Waals surface area contributed by atoms with Gasteiger partial charge in [-0.3, -0.25) is 0 Å². The summed E-state index contributed by atoms with van der Waals surface area (Å²) in [6.45, 7) is 3.20. The minimum Gasteiger partial charge on any atom is -0.496 e. The zero-order valence-electron chi connectivity index (χ0n) is 10.1. The summed E-state index contributed by atoms with van der Waals surface area (Å²) >= 11 is 3.48. The molecule has 0 aliphatic carbocycles. The largest absolute Gasteiger partial charge is 0.496 e. The molecule has 0 amide bonds. The van der Waals surface area contributed by atoms with Crippen LogP contribution in [-0.2, 0) is 0 Å². The van der Waals surface area contributed by atoms with Crippen molar-refractivity contribution in [3.63, 3.8) is 0 Å². The molecule has 0 saturated heterocycles. The fourth-order valence-electron chi connectivity index (χ4n) is 1.78. The van der Waals surface area contributed by atoms with E-state index in [1.54, 1.807) is 29.8 Å². The molecule has 0 aromatic carbocycles. The number of hydrogen-bond acceptors (Lipinski definition) is 4. The highest BCUT2D eigenvalue weighted by Gasteiger charge is 2.19. The van der Waals surface area contributed by atoms with Gasteiger partial charge in [0.1, 0.15) is 5.75 Å². The number of ether oxygens (including phenoxy) is 1. The van der Waals surface area contributed by atoms with Crippen molar-refractivity contribution in [2.45, 2.75) is 19.4 Å². The van der Waals surface area contributed by atoms with Gasteiger partial charge in [0.05, 0.1) is 18.0 Å². The molecule has 2 nitrogen and oxygen atoms in total. The highest BCUT2D eigenvalue weighted by molar-refractivity contribution is 7.10. The summed E-state index contributed by atoms with van der Waals surface area (Å²) in [5.74, 6) is 0.981. The number of rotatable bonds is 6. The van der Waals surface area contributed by atoms with Crippen LogP contribution in [0, 0.1) is 0 Å². The van der Waals surface area contributed by atoms with Crippen LogP contribution >= 0.6 is 22.7 Å². The fraction of sp³-hybridized carbons (Fsp3) is 0.385. The van der Waals surface area contributed by atoms with Crippen LogP contribution in [0.25, 0.3) is 0 Å². The van der Waals surface area contributed by atoms with Crippen molar-refractivity contribution in [3.05, 3.63) is 38.7 Å². The Hall–Kier alpha value is -0.840. The Balaban J connectivity index is 2.27. The summed E-state index contributed by atoms with van der Waals surface area (Å²) in [5, 5.41) is 9.99. The van der Waals surface area contributed by atoms with E-state index in [9.17, 15) is 0 Å². The van der Waals surface area contributed by atoms with Crippen molar-refractivity contribution < 1.29 is 4.74 Å². The molecule has 2 heterocycles. The van der Waals surface area contributed by atoms with E-state index in [0.717, 1.165) is 18.7 Å². The van der Waals surface area contributed by atoms with Gasteiger partial charge < -0.3 is 10.1 Å². The second-order valence-electron chi connectivity index (χ2n) is 3.80. The molecule has 0 aliphatic rings. The molecule has 1 atom stereocenters. The first kappa shape index (κ1) is 12.6. The van der Waals surface area contributed by atoms with E-state index < -0.39 is 0 Å². The third kappa shape index (κ3) is 2.89. The molecule has 2 aromatic rings. The predicted octanol–water partition coefficient (Wildman–Crippen LogP) is 3.91. The van der Waals surface area contributed by atoms with Gasteiger partial charge >= 0.3 is 0 Å². The topological polar surface area (TPSA) is 21.3 Å². The first-order chi connectivity index (χ1) is 8.36. The van der Waals surface area contributed by atoms with Gasteiger partial charge in [-0.15, -0.1) is 11.3 Å². The van der Waals surface area contributed by atoms with Crippen LogP contribution in [0.5, 0.6) is 5.75 Å². The quantitative estimate of drug-likeness (QED) is 0.857. The van der Waals surface area contributed by atoms with Crippen molar-refractivity contribution in [2.24, 2.45) is 0 Å². The Labute approximate surface area is 110 Å². The molecule has 0 bridgehead atoms. The Bertz CT molecular complexity index is 436. The number of nitrogens with one attached hydrogen (secondary N) is 1. The molecule has 0 fully saturated rings. The van der Waals surface area contributed by atoms with E-state index in [1.807, 2.05) is 6.07 Å². The number of methoxy groups -OCH3 is 1. The summed E-state index contributed by atoms with van der Waals surface area (Å²) in [6.07, 6.45) is 1.13. The minimum absolute atomic E-state index is 0.260. The van der Waals surface area contributed by atoms with Gasteiger partial charge in [-0.1, -0.05) is 6.92 Å². The molecule has 0 saturated carbocycles. The highest BCUT2D eigenvalue weighted by Crippen LogP contribution is 2.35. The third-order valence-electron chi connectivity index (χ3n) is 2.61. The highest BCUT2D eigenvalue weighted by atomic mass is 32.1. The van der Waals surface area contributed by atoms with E-state index in [-0.39, 0.29) is 6.04 Å². The van der Waals surface area contributed by atoms with Gasteiger partial charge in [0.25, 0.3) is 0 Å². The molecule has 1 unspecified atom stereocenters. The van der Waals surface area contributed by atoms with Crippen LogP contribution < -0.4 is 10.1 Å². The van der Waals surface area contributed by atoms with Gasteiger partial charge in [-0.05, 0) is 46.8 Å². The lowest BCUT2D eigenvalue weighted by atomic mass is 10.1. The van der Waals surface area contributed by atoms with Crippen LogP contribution in [0.4, 0.5) is 0 Å². The lowest BCUT2D eigenvalue weighted by Crippen LogP contribution is -2.22. The smallest absolute Gasteiger partial charge is 0.134 e. The number of hydrogen-bond donors (Lipinski definition) is 1. The maximum absolute atomic E-state index is 5.42. The summed E-state index contributed by atoms with van der Waals surface area (Å²) in [4.78, 5) is 1.26. The van der Waals surface area contributed by atoms with Crippen molar-refractivity contribution in [1.29, 1.82) is 0 Å². The van der Waals surface area contributed by atoms with Crippen molar-refractivity contribution in [1.82, 2.24) is 5.32 Å². The minimum atomic E-state index is 0.260. The third-order valence-corrected chi connectivity index (χ3v) is 4.28. The van der Waals surface area contributed by atoms with Gasteiger partial charge in [-0.2, -0.15) is 11.3 Å². The van der Waals surface area contributed by atoms with Crippen molar-refractivity contribution >= 4 is 22.7 Å².